The van der Waals surface area contributed by atoms with Gasteiger partial charge in [-0.05, 0) is 56.3 Å². The smallest absolute Gasteiger partial charge is 0.251 e. The number of H-pyrrole nitrogens is 1. The lowest BCUT2D eigenvalue weighted by Crippen LogP contribution is -2.45. The molecule has 0 bridgehead atoms. The number of hydrogen-bond acceptors (Lipinski definition) is 5. The number of aromatic amines is 1. The zero-order chi connectivity index (χ0) is 20.7. The van der Waals surface area contributed by atoms with E-state index in [-0.39, 0.29) is 30.4 Å². The van der Waals surface area contributed by atoms with E-state index in [9.17, 15) is 4.79 Å². The molecule has 1 fully saturated rings. The highest BCUT2D eigenvalue weighted by Crippen LogP contribution is 2.32. The SMILES string of the molecule is CN1CC[C@@H](NC(=O)c2ccc3c(c2)OCCO3)C[C@@H]1c1nc2ccc(Cl)cc2[nH]1.Cl. The molecule has 2 atom stereocenters. The third kappa shape index (κ3) is 4.44. The highest BCUT2D eigenvalue weighted by Gasteiger charge is 2.30. The fourth-order valence-corrected chi connectivity index (χ4v) is 4.32. The fraction of sp³-hybridized carbons (Fsp3) is 0.364. The third-order valence-corrected chi connectivity index (χ3v) is 6.02. The first kappa shape index (κ1) is 21.7. The molecule has 1 amide bonds. The van der Waals surface area contributed by atoms with Gasteiger partial charge in [0.25, 0.3) is 5.91 Å². The van der Waals surface area contributed by atoms with Crippen molar-refractivity contribution < 1.29 is 14.3 Å². The molecule has 7 nitrogen and oxygen atoms in total. The Morgan fingerprint density at radius 2 is 2.00 bits per heavy atom. The van der Waals surface area contributed by atoms with E-state index in [0.717, 1.165) is 36.2 Å². The molecule has 2 N–H and O–H groups in total. The number of rotatable bonds is 3. The number of imidazole rings is 1. The third-order valence-electron chi connectivity index (χ3n) is 5.79. The first-order chi connectivity index (χ1) is 14.6. The van der Waals surface area contributed by atoms with Crippen molar-refractivity contribution in [1.29, 1.82) is 0 Å². The number of aromatic nitrogens is 2. The Bertz CT molecular complexity index is 1100. The predicted octanol–water partition coefficient (Wildman–Crippen LogP) is 3.97. The van der Waals surface area contributed by atoms with Gasteiger partial charge in [-0.25, -0.2) is 4.98 Å². The number of nitrogens with zero attached hydrogens (tertiary/aromatic N) is 2. The lowest BCUT2D eigenvalue weighted by atomic mass is 9.96. The molecule has 0 aliphatic carbocycles. The van der Waals surface area contributed by atoms with Crippen LogP contribution in [0.1, 0.15) is 35.1 Å². The van der Waals surface area contributed by atoms with Crippen LogP contribution in [0.3, 0.4) is 0 Å². The van der Waals surface area contributed by atoms with E-state index < -0.39 is 0 Å². The summed E-state index contributed by atoms with van der Waals surface area (Å²) in [6.45, 7) is 1.90. The molecule has 1 aromatic heterocycles. The predicted molar refractivity (Wildman–Crippen MR) is 122 cm³/mol. The first-order valence-electron chi connectivity index (χ1n) is 10.1. The van der Waals surface area contributed by atoms with Gasteiger partial charge >= 0.3 is 0 Å². The molecule has 5 rings (SSSR count). The fourth-order valence-electron chi connectivity index (χ4n) is 4.15. The minimum Gasteiger partial charge on any atom is -0.486 e. The van der Waals surface area contributed by atoms with Gasteiger partial charge in [-0.3, -0.25) is 9.69 Å². The Hall–Kier alpha value is -2.48. The number of amides is 1. The van der Waals surface area contributed by atoms with E-state index in [2.05, 4.69) is 22.2 Å². The highest BCUT2D eigenvalue weighted by atomic mass is 35.5. The molecule has 2 aliphatic rings. The second-order valence-electron chi connectivity index (χ2n) is 7.83. The van der Waals surface area contributed by atoms with Crippen LogP contribution in [-0.4, -0.2) is 53.6 Å². The van der Waals surface area contributed by atoms with Gasteiger partial charge in [0, 0.05) is 23.2 Å². The van der Waals surface area contributed by atoms with Crippen LogP contribution in [0, 0.1) is 0 Å². The summed E-state index contributed by atoms with van der Waals surface area (Å²) in [5.74, 6) is 2.10. The second kappa shape index (κ2) is 8.94. The average molecular weight is 463 g/mol. The van der Waals surface area contributed by atoms with Gasteiger partial charge in [0.15, 0.2) is 11.5 Å². The van der Waals surface area contributed by atoms with Gasteiger partial charge in [-0.15, -0.1) is 12.4 Å². The van der Waals surface area contributed by atoms with E-state index in [0.29, 0.717) is 35.3 Å². The number of likely N-dealkylation sites (tertiary alicyclic amines) is 1. The molecule has 0 saturated carbocycles. The number of ether oxygens (including phenoxy) is 2. The number of benzene rings is 2. The van der Waals surface area contributed by atoms with Crippen LogP contribution in [0.5, 0.6) is 11.5 Å². The van der Waals surface area contributed by atoms with Crippen molar-refractivity contribution in [3.8, 4) is 11.5 Å². The van der Waals surface area contributed by atoms with Gasteiger partial charge in [0.1, 0.15) is 19.0 Å². The number of piperidine rings is 1. The van der Waals surface area contributed by atoms with E-state index in [1.54, 1.807) is 18.2 Å². The summed E-state index contributed by atoms with van der Waals surface area (Å²) >= 11 is 6.10. The Balaban J connectivity index is 0.00000231. The normalized spacial score (nSPS) is 20.8. The van der Waals surface area contributed by atoms with Gasteiger partial charge in [-0.2, -0.15) is 0 Å². The topological polar surface area (TPSA) is 79.5 Å². The Morgan fingerprint density at radius 1 is 1.19 bits per heavy atom. The summed E-state index contributed by atoms with van der Waals surface area (Å²) in [6, 6.07) is 11.1. The second-order valence-corrected chi connectivity index (χ2v) is 8.27. The molecular weight excluding hydrogens is 439 g/mol. The lowest BCUT2D eigenvalue weighted by Gasteiger charge is -2.36. The number of carbonyl (C=O) groups is 1. The molecule has 0 spiro atoms. The number of hydrogen-bond donors (Lipinski definition) is 2. The van der Waals surface area contributed by atoms with Gasteiger partial charge in [0.2, 0.25) is 0 Å². The molecule has 3 heterocycles. The Morgan fingerprint density at radius 3 is 2.84 bits per heavy atom. The maximum absolute atomic E-state index is 12.8. The van der Waals surface area contributed by atoms with Crippen LogP contribution >= 0.6 is 24.0 Å². The van der Waals surface area contributed by atoms with E-state index in [1.165, 1.54) is 0 Å². The summed E-state index contributed by atoms with van der Waals surface area (Å²) in [5, 5.41) is 3.86. The van der Waals surface area contributed by atoms with Crippen molar-refractivity contribution in [2.24, 2.45) is 0 Å². The molecule has 31 heavy (non-hydrogen) atoms. The summed E-state index contributed by atoms with van der Waals surface area (Å²) < 4.78 is 11.1. The van der Waals surface area contributed by atoms with Crippen LogP contribution in [-0.2, 0) is 0 Å². The summed E-state index contributed by atoms with van der Waals surface area (Å²) in [4.78, 5) is 23.3. The summed E-state index contributed by atoms with van der Waals surface area (Å²) in [5.41, 5.74) is 2.40. The summed E-state index contributed by atoms with van der Waals surface area (Å²) in [7, 11) is 2.09. The van der Waals surface area contributed by atoms with Gasteiger partial charge in [-0.1, -0.05) is 11.6 Å². The van der Waals surface area contributed by atoms with Crippen molar-refractivity contribution >= 4 is 40.9 Å². The monoisotopic (exact) mass is 462 g/mol. The molecule has 3 aromatic rings. The average Bonchev–Trinajstić information content (AvgIpc) is 3.17. The molecule has 1 saturated heterocycles. The van der Waals surface area contributed by atoms with Crippen LogP contribution in [0.4, 0.5) is 0 Å². The summed E-state index contributed by atoms with van der Waals surface area (Å²) in [6.07, 6.45) is 1.66. The first-order valence-corrected chi connectivity index (χ1v) is 10.5. The lowest BCUT2D eigenvalue weighted by molar-refractivity contribution is 0.0883. The minimum absolute atomic E-state index is 0. The Labute approximate surface area is 191 Å². The van der Waals surface area contributed by atoms with Crippen LogP contribution in [0.2, 0.25) is 5.02 Å². The van der Waals surface area contributed by atoms with Crippen molar-refractivity contribution in [2.45, 2.75) is 24.9 Å². The highest BCUT2D eigenvalue weighted by molar-refractivity contribution is 6.31. The molecule has 164 valence electrons. The standard InChI is InChI=1S/C22H23ClN4O3.ClH/c1-27-7-6-15(12-18(27)21-25-16-4-3-14(23)11-17(16)26-21)24-22(28)13-2-5-19-20(10-13)30-9-8-29-19;/h2-5,10-11,15,18H,6-9,12H2,1H3,(H,24,28)(H,25,26);1H/t15-,18-;/m1./s1. The molecule has 9 heteroatoms. The van der Waals surface area contributed by atoms with Crippen LogP contribution in [0.15, 0.2) is 36.4 Å². The maximum atomic E-state index is 12.8. The van der Waals surface area contributed by atoms with E-state index in [1.807, 2.05) is 18.2 Å². The molecular formula is C22H24Cl2N4O3. The van der Waals surface area contributed by atoms with Crippen LogP contribution < -0.4 is 14.8 Å². The van der Waals surface area contributed by atoms with E-state index >= 15 is 0 Å². The molecule has 0 unspecified atom stereocenters. The number of carbonyl (C=O) groups excluding carboxylic acids is 1. The Kier molecular flexibility index (Phi) is 6.27. The van der Waals surface area contributed by atoms with Gasteiger partial charge in [0.05, 0.1) is 17.1 Å². The molecule has 0 radical (unpaired) electrons. The van der Waals surface area contributed by atoms with Crippen molar-refractivity contribution in [3.05, 3.63) is 52.8 Å². The molecule has 2 aromatic carbocycles. The largest absolute Gasteiger partial charge is 0.486 e. The number of fused-ring (bicyclic) bond motifs is 2. The minimum atomic E-state index is -0.100. The maximum Gasteiger partial charge on any atom is 0.251 e. The van der Waals surface area contributed by atoms with Crippen molar-refractivity contribution in [1.82, 2.24) is 20.2 Å². The van der Waals surface area contributed by atoms with Gasteiger partial charge < -0.3 is 19.8 Å². The molecule has 2 aliphatic heterocycles. The van der Waals surface area contributed by atoms with E-state index in [4.69, 9.17) is 26.1 Å². The van der Waals surface area contributed by atoms with Crippen molar-refractivity contribution in [3.63, 3.8) is 0 Å². The number of nitrogens with one attached hydrogen (secondary N) is 2. The zero-order valence-electron chi connectivity index (χ0n) is 17.1. The quantitative estimate of drug-likeness (QED) is 0.615. The van der Waals surface area contributed by atoms with Crippen LogP contribution in [0.25, 0.3) is 11.0 Å². The number of halogens is 2. The zero-order valence-corrected chi connectivity index (χ0v) is 18.6. The van der Waals surface area contributed by atoms with Crippen molar-refractivity contribution in [2.75, 3.05) is 26.8 Å².